The van der Waals surface area contributed by atoms with Crippen molar-refractivity contribution in [3.05, 3.63) is 0 Å². The topological polar surface area (TPSA) is 105 Å². The number of primary amides is 2. The molecule has 0 aliphatic heterocycles. The van der Waals surface area contributed by atoms with Crippen LogP contribution in [0.2, 0.25) is 0 Å². The molecule has 0 radical (unpaired) electrons. The molecule has 0 unspecified atom stereocenters. The van der Waals surface area contributed by atoms with Gasteiger partial charge in [-0.3, -0.25) is 0 Å². The van der Waals surface area contributed by atoms with E-state index in [1.807, 2.05) is 0 Å². The second-order valence-corrected chi connectivity index (χ2v) is 1.86. The van der Waals surface area contributed by atoms with Gasteiger partial charge < -0.3 is 0 Å². The second-order valence-electron chi connectivity index (χ2n) is 0.873. The van der Waals surface area contributed by atoms with Gasteiger partial charge >= 0.3 is 56.5 Å². The van der Waals surface area contributed by atoms with E-state index >= 15 is 0 Å². The summed E-state index contributed by atoms with van der Waals surface area (Å²) < 4.78 is 8.06. The number of hydrogen-bond acceptors (Lipinski definition) is 4. The predicted molar refractivity (Wildman–Crippen MR) is 27.1 cm³/mol. The van der Waals surface area contributed by atoms with Crippen molar-refractivity contribution >= 4 is 27.8 Å². The van der Waals surface area contributed by atoms with Crippen molar-refractivity contribution in [2.75, 3.05) is 0 Å². The molecule has 7 heteroatoms. The fourth-order valence-corrected chi connectivity index (χ4v) is 0.437. The molecule has 0 heterocycles. The van der Waals surface area contributed by atoms with Gasteiger partial charge in [0.1, 0.15) is 0 Å². The zero-order valence-electron chi connectivity index (χ0n) is 4.20. The Morgan fingerprint density at radius 1 is 1.11 bits per heavy atom. The summed E-state index contributed by atoms with van der Waals surface area (Å²) in [6.07, 6.45) is -1.98. The molecule has 0 aliphatic rings. The van der Waals surface area contributed by atoms with Gasteiger partial charge in [-0.05, 0) is 0 Å². The van der Waals surface area contributed by atoms with Crippen LogP contribution in [-0.4, -0.2) is 27.8 Å². The SMILES string of the molecule is NC(=O)O[Se]OC(N)=O. The van der Waals surface area contributed by atoms with E-state index in [0.717, 1.165) is 0 Å². The minimum atomic E-state index is -1.03. The van der Waals surface area contributed by atoms with E-state index in [4.69, 9.17) is 0 Å². The zero-order chi connectivity index (χ0) is 7.28. The average molecular weight is 199 g/mol. The molecular weight excluding hydrogens is 195 g/mol. The predicted octanol–water partition coefficient (Wildman–Crippen LogP) is -1.29. The molecule has 0 atom stereocenters. The summed E-state index contributed by atoms with van der Waals surface area (Å²) in [5.41, 5.74) is 9.00. The third-order valence-electron chi connectivity index (χ3n) is 0.232. The van der Waals surface area contributed by atoms with E-state index in [9.17, 15) is 9.59 Å². The Balaban J connectivity index is 3.10. The van der Waals surface area contributed by atoms with Crippen LogP contribution in [0.4, 0.5) is 9.59 Å². The number of carbonyl (C=O) groups excluding carboxylic acids is 2. The van der Waals surface area contributed by atoms with Crippen LogP contribution in [0.15, 0.2) is 0 Å². The second kappa shape index (κ2) is 3.99. The van der Waals surface area contributed by atoms with Crippen LogP contribution in [0.5, 0.6) is 0 Å². The Bertz CT molecular complexity index is 112. The first-order valence-corrected chi connectivity index (χ1v) is 3.13. The number of rotatable bonds is 2. The van der Waals surface area contributed by atoms with Crippen molar-refractivity contribution < 1.29 is 17.2 Å². The van der Waals surface area contributed by atoms with E-state index < -0.39 is 27.8 Å². The summed E-state index contributed by atoms with van der Waals surface area (Å²) in [6.45, 7) is 0. The van der Waals surface area contributed by atoms with Crippen molar-refractivity contribution in [1.29, 1.82) is 0 Å². The fraction of sp³-hybridized carbons (Fsp3) is 0. The Kier molecular flexibility index (Phi) is 3.57. The van der Waals surface area contributed by atoms with Crippen molar-refractivity contribution in [1.82, 2.24) is 0 Å². The third kappa shape index (κ3) is 7.06. The van der Waals surface area contributed by atoms with Crippen LogP contribution in [0, 0.1) is 0 Å². The van der Waals surface area contributed by atoms with Crippen LogP contribution in [0.25, 0.3) is 0 Å². The van der Waals surface area contributed by atoms with Gasteiger partial charge in [-0.15, -0.1) is 0 Å². The Morgan fingerprint density at radius 2 is 1.44 bits per heavy atom. The number of carbonyl (C=O) groups is 2. The molecule has 52 valence electrons. The van der Waals surface area contributed by atoms with Crippen molar-refractivity contribution in [3.8, 4) is 0 Å². The average Bonchev–Trinajstić information content (AvgIpc) is 1.63. The third-order valence-corrected chi connectivity index (χ3v) is 1.21. The molecule has 0 saturated heterocycles. The van der Waals surface area contributed by atoms with Crippen LogP contribution in [0.3, 0.4) is 0 Å². The van der Waals surface area contributed by atoms with Crippen LogP contribution < -0.4 is 11.5 Å². The molecule has 0 aromatic heterocycles. The molecule has 0 fully saturated rings. The molecule has 0 bridgehead atoms. The van der Waals surface area contributed by atoms with Gasteiger partial charge in [0.25, 0.3) is 0 Å². The first-order valence-electron chi connectivity index (χ1n) is 1.73. The van der Waals surface area contributed by atoms with Gasteiger partial charge in [0.05, 0.1) is 0 Å². The monoisotopic (exact) mass is 200 g/mol. The summed E-state index contributed by atoms with van der Waals surface area (Å²) in [7, 11) is 0. The molecule has 0 aliphatic carbocycles. The molecule has 0 spiro atoms. The van der Waals surface area contributed by atoms with E-state index in [-0.39, 0.29) is 0 Å². The molecule has 0 saturated carbocycles. The summed E-state index contributed by atoms with van der Waals surface area (Å²) >= 11 is -1.03. The standard InChI is InChI=1S/C2H4N2O4Se/c3-1(5)7-9-8-2(4)6/h(H2,3,5)(H2,4,6). The quantitative estimate of drug-likeness (QED) is 0.539. The molecule has 9 heavy (non-hydrogen) atoms. The fourth-order valence-electron chi connectivity index (χ4n) is 0.0841. The summed E-state index contributed by atoms with van der Waals surface area (Å²) in [5.74, 6) is 0. The van der Waals surface area contributed by atoms with Crippen molar-refractivity contribution in [2.24, 2.45) is 11.5 Å². The molecule has 0 aromatic carbocycles. The Hall–Kier alpha value is -0.941. The molecular formula is C2H4N2O4Se. The number of amides is 2. The van der Waals surface area contributed by atoms with Gasteiger partial charge in [-0.2, -0.15) is 0 Å². The van der Waals surface area contributed by atoms with E-state index in [0.29, 0.717) is 0 Å². The first kappa shape index (κ1) is 8.06. The summed E-state index contributed by atoms with van der Waals surface area (Å²) in [4.78, 5) is 19.5. The van der Waals surface area contributed by atoms with E-state index in [1.165, 1.54) is 0 Å². The molecule has 4 N–H and O–H groups in total. The van der Waals surface area contributed by atoms with Gasteiger partial charge in [-0.25, -0.2) is 0 Å². The Labute approximate surface area is 57.3 Å². The molecule has 0 aromatic rings. The van der Waals surface area contributed by atoms with E-state index in [1.54, 1.807) is 0 Å². The minimum absolute atomic E-state index is 0.990. The van der Waals surface area contributed by atoms with Gasteiger partial charge in [0.2, 0.25) is 0 Å². The van der Waals surface area contributed by atoms with Gasteiger partial charge in [0, 0.05) is 0 Å². The summed E-state index contributed by atoms with van der Waals surface area (Å²) in [5, 5.41) is 0. The van der Waals surface area contributed by atoms with Crippen molar-refractivity contribution in [3.63, 3.8) is 0 Å². The van der Waals surface area contributed by atoms with Crippen LogP contribution in [0.1, 0.15) is 0 Å². The Morgan fingerprint density at radius 3 is 1.67 bits per heavy atom. The molecule has 6 nitrogen and oxygen atoms in total. The first-order chi connectivity index (χ1) is 4.13. The van der Waals surface area contributed by atoms with Crippen LogP contribution >= 0.6 is 0 Å². The van der Waals surface area contributed by atoms with Crippen molar-refractivity contribution in [2.45, 2.75) is 0 Å². The van der Waals surface area contributed by atoms with Gasteiger partial charge in [0.15, 0.2) is 0 Å². The van der Waals surface area contributed by atoms with Crippen LogP contribution in [-0.2, 0) is 7.64 Å². The molecule has 2 amide bonds. The van der Waals surface area contributed by atoms with E-state index in [2.05, 4.69) is 19.1 Å². The maximum atomic E-state index is 9.76. The summed E-state index contributed by atoms with van der Waals surface area (Å²) in [6, 6.07) is 0. The number of nitrogens with two attached hydrogens (primary N) is 2. The maximum absolute atomic E-state index is 9.76. The zero-order valence-corrected chi connectivity index (χ0v) is 5.91. The normalized spacial score (nSPS) is 8.00. The molecule has 0 rings (SSSR count). The number of hydrogen-bond donors (Lipinski definition) is 2. The van der Waals surface area contributed by atoms with Gasteiger partial charge in [-0.1, -0.05) is 0 Å².